The third-order valence-corrected chi connectivity index (χ3v) is 5.09. The second kappa shape index (κ2) is 5.52. The van der Waals surface area contributed by atoms with Gasteiger partial charge in [0.25, 0.3) is 0 Å². The number of oxazole rings is 1. The average Bonchev–Trinajstić information content (AvgIpc) is 3.24. The quantitative estimate of drug-likeness (QED) is 0.946. The zero-order valence-electron chi connectivity index (χ0n) is 13.1. The predicted octanol–water partition coefficient (Wildman–Crippen LogP) is 2.84. The second-order valence-corrected chi connectivity index (χ2v) is 6.90. The molecule has 1 atom stereocenters. The lowest BCUT2D eigenvalue weighted by Gasteiger charge is -2.22. The molecule has 2 saturated heterocycles. The van der Waals surface area contributed by atoms with Gasteiger partial charge in [0.15, 0.2) is 0 Å². The molecule has 4 heteroatoms. The number of benzene rings is 1. The molecule has 0 amide bonds. The Hall–Kier alpha value is -1.65. The van der Waals surface area contributed by atoms with E-state index in [0.29, 0.717) is 5.41 Å². The molecule has 0 radical (unpaired) electrons. The molecule has 22 heavy (non-hydrogen) atoms. The van der Waals surface area contributed by atoms with E-state index in [4.69, 9.17) is 4.42 Å². The molecular weight excluding hydrogens is 274 g/mol. The van der Waals surface area contributed by atoms with E-state index in [2.05, 4.69) is 46.4 Å². The van der Waals surface area contributed by atoms with E-state index in [1.807, 2.05) is 6.26 Å². The van der Waals surface area contributed by atoms with Crippen LogP contribution in [0.4, 0.5) is 0 Å². The Balaban J connectivity index is 1.43. The summed E-state index contributed by atoms with van der Waals surface area (Å²) >= 11 is 0. The summed E-state index contributed by atoms with van der Waals surface area (Å²) in [7, 11) is 0. The van der Waals surface area contributed by atoms with Crippen molar-refractivity contribution in [2.24, 2.45) is 5.41 Å². The normalized spacial score (nSPS) is 25.3. The van der Waals surface area contributed by atoms with Crippen LogP contribution < -0.4 is 5.32 Å². The van der Waals surface area contributed by atoms with Crippen LogP contribution in [0.1, 0.15) is 24.1 Å². The van der Waals surface area contributed by atoms with E-state index in [-0.39, 0.29) is 0 Å². The third kappa shape index (κ3) is 2.69. The first-order chi connectivity index (χ1) is 10.7. The van der Waals surface area contributed by atoms with Crippen molar-refractivity contribution in [1.29, 1.82) is 0 Å². The first kappa shape index (κ1) is 14.0. The number of hydrogen-bond acceptors (Lipinski definition) is 4. The lowest BCUT2D eigenvalue weighted by atomic mass is 9.87. The summed E-state index contributed by atoms with van der Waals surface area (Å²) in [4.78, 5) is 7.18. The van der Waals surface area contributed by atoms with Gasteiger partial charge in [0.05, 0.1) is 5.69 Å². The van der Waals surface area contributed by atoms with Crippen LogP contribution in [0.15, 0.2) is 34.9 Å². The lowest BCUT2D eigenvalue weighted by molar-refractivity contribution is 0.266. The van der Waals surface area contributed by atoms with Crippen molar-refractivity contribution in [1.82, 2.24) is 15.2 Å². The molecule has 0 aliphatic carbocycles. The summed E-state index contributed by atoms with van der Waals surface area (Å²) in [5.74, 6) is 0.728. The number of nitrogens with zero attached hydrogens (tertiary/aromatic N) is 2. The predicted molar refractivity (Wildman–Crippen MR) is 86.5 cm³/mol. The largest absolute Gasteiger partial charge is 0.444 e. The van der Waals surface area contributed by atoms with E-state index >= 15 is 0 Å². The molecule has 4 nitrogen and oxygen atoms in total. The van der Waals surface area contributed by atoms with Crippen LogP contribution in [-0.2, 0) is 6.54 Å². The van der Waals surface area contributed by atoms with Crippen molar-refractivity contribution in [3.8, 4) is 11.5 Å². The lowest BCUT2D eigenvalue weighted by Crippen LogP contribution is -2.29. The summed E-state index contributed by atoms with van der Waals surface area (Å²) in [6, 6.07) is 8.33. The van der Waals surface area contributed by atoms with Crippen LogP contribution in [0.25, 0.3) is 11.5 Å². The molecule has 116 valence electrons. The Bertz CT molecular complexity index is 641. The van der Waals surface area contributed by atoms with Gasteiger partial charge in [-0.25, -0.2) is 4.98 Å². The second-order valence-electron chi connectivity index (χ2n) is 6.90. The Kier molecular flexibility index (Phi) is 3.51. The van der Waals surface area contributed by atoms with E-state index in [9.17, 15) is 0 Å². The van der Waals surface area contributed by atoms with Crippen molar-refractivity contribution in [3.63, 3.8) is 0 Å². The molecule has 2 aromatic rings. The van der Waals surface area contributed by atoms with E-state index in [1.165, 1.54) is 44.6 Å². The van der Waals surface area contributed by atoms with Gasteiger partial charge in [-0.3, -0.25) is 4.90 Å². The van der Waals surface area contributed by atoms with Crippen molar-refractivity contribution in [2.75, 3.05) is 26.2 Å². The average molecular weight is 297 g/mol. The summed E-state index contributed by atoms with van der Waals surface area (Å²) < 4.78 is 5.67. The molecule has 0 saturated carbocycles. The maximum absolute atomic E-state index is 5.67. The molecule has 0 bridgehead atoms. The SMILES string of the molecule is Cc1ccc(-c2nc(CN3CCC4(CCNC4)C3)co2)cc1. The molecule has 2 aliphatic rings. The molecular formula is C18H23N3O. The fraction of sp³-hybridized carbons (Fsp3) is 0.500. The highest BCUT2D eigenvalue weighted by Gasteiger charge is 2.40. The van der Waals surface area contributed by atoms with Gasteiger partial charge in [0.1, 0.15) is 6.26 Å². The maximum Gasteiger partial charge on any atom is 0.226 e. The molecule has 1 aromatic heterocycles. The van der Waals surface area contributed by atoms with Crippen molar-refractivity contribution in [3.05, 3.63) is 41.8 Å². The summed E-state index contributed by atoms with van der Waals surface area (Å²) in [6.07, 6.45) is 4.44. The van der Waals surface area contributed by atoms with Gasteiger partial charge in [0.2, 0.25) is 5.89 Å². The van der Waals surface area contributed by atoms with E-state index in [0.717, 1.165) is 23.7 Å². The number of aryl methyl sites for hydroxylation is 1. The standard InChI is InChI=1S/C18H23N3O/c1-14-2-4-15(5-3-14)17-20-16(11-22-17)10-21-9-7-18(13-21)6-8-19-12-18/h2-5,11,19H,6-10,12-13H2,1H3. The monoisotopic (exact) mass is 297 g/mol. The van der Waals surface area contributed by atoms with Crippen molar-refractivity contribution < 1.29 is 4.42 Å². The highest BCUT2D eigenvalue weighted by molar-refractivity contribution is 5.53. The minimum absolute atomic E-state index is 0.517. The minimum Gasteiger partial charge on any atom is -0.444 e. The van der Waals surface area contributed by atoms with Gasteiger partial charge in [-0.2, -0.15) is 0 Å². The molecule has 1 spiro atoms. The Morgan fingerprint density at radius 1 is 1.27 bits per heavy atom. The van der Waals surface area contributed by atoms with Gasteiger partial charge in [-0.05, 0) is 50.4 Å². The molecule has 2 aliphatic heterocycles. The fourth-order valence-corrected chi connectivity index (χ4v) is 3.74. The molecule has 3 heterocycles. The Morgan fingerprint density at radius 2 is 2.14 bits per heavy atom. The summed E-state index contributed by atoms with van der Waals surface area (Å²) in [5.41, 5.74) is 3.86. The molecule has 2 fully saturated rings. The van der Waals surface area contributed by atoms with Crippen LogP contribution in [0.2, 0.25) is 0 Å². The van der Waals surface area contributed by atoms with Crippen LogP contribution in [0.5, 0.6) is 0 Å². The van der Waals surface area contributed by atoms with Crippen molar-refractivity contribution in [2.45, 2.75) is 26.3 Å². The Morgan fingerprint density at radius 3 is 2.91 bits per heavy atom. The Labute approximate surface area is 131 Å². The first-order valence-electron chi connectivity index (χ1n) is 8.17. The van der Waals surface area contributed by atoms with Crippen LogP contribution in [-0.4, -0.2) is 36.1 Å². The first-order valence-corrected chi connectivity index (χ1v) is 8.17. The van der Waals surface area contributed by atoms with Crippen LogP contribution in [0.3, 0.4) is 0 Å². The number of nitrogens with one attached hydrogen (secondary N) is 1. The summed E-state index contributed by atoms with van der Waals surface area (Å²) in [5, 5.41) is 3.51. The third-order valence-electron chi connectivity index (χ3n) is 5.09. The number of aromatic nitrogens is 1. The fourth-order valence-electron chi connectivity index (χ4n) is 3.74. The van der Waals surface area contributed by atoms with E-state index in [1.54, 1.807) is 0 Å². The molecule has 1 unspecified atom stereocenters. The van der Waals surface area contributed by atoms with E-state index < -0.39 is 0 Å². The zero-order chi connectivity index (χ0) is 15.0. The zero-order valence-corrected chi connectivity index (χ0v) is 13.1. The van der Waals surface area contributed by atoms with Gasteiger partial charge in [-0.1, -0.05) is 17.7 Å². The smallest absolute Gasteiger partial charge is 0.226 e. The summed E-state index contributed by atoms with van der Waals surface area (Å²) in [6.45, 7) is 7.70. The van der Waals surface area contributed by atoms with Crippen LogP contribution >= 0.6 is 0 Å². The molecule has 4 rings (SSSR count). The van der Waals surface area contributed by atoms with Crippen LogP contribution in [0, 0.1) is 12.3 Å². The number of hydrogen-bond donors (Lipinski definition) is 1. The topological polar surface area (TPSA) is 41.3 Å². The highest BCUT2D eigenvalue weighted by Crippen LogP contribution is 2.36. The highest BCUT2D eigenvalue weighted by atomic mass is 16.3. The molecule has 1 aromatic carbocycles. The van der Waals surface area contributed by atoms with Gasteiger partial charge in [0, 0.05) is 25.2 Å². The number of likely N-dealkylation sites (tertiary alicyclic amines) is 1. The van der Waals surface area contributed by atoms with Gasteiger partial charge in [-0.15, -0.1) is 0 Å². The van der Waals surface area contributed by atoms with Gasteiger partial charge >= 0.3 is 0 Å². The number of rotatable bonds is 3. The minimum atomic E-state index is 0.517. The maximum atomic E-state index is 5.67. The van der Waals surface area contributed by atoms with Gasteiger partial charge < -0.3 is 9.73 Å². The van der Waals surface area contributed by atoms with Crippen molar-refractivity contribution >= 4 is 0 Å². The molecule has 1 N–H and O–H groups in total.